The lowest BCUT2D eigenvalue weighted by molar-refractivity contribution is -0.164. The molecule has 0 saturated carbocycles. The number of carbonyl (C=O) groups is 1. The standard InChI is InChI=1S/C19H13BrF3NO2/c1-26-15-6-5-14(24-10-15)4-2-11-8-12-9-13(20)3-7-16(12)17(11)18(25)19(21,22)23/h2-7,9-10H,8H2,1H3/b4-2+. The van der Waals surface area contributed by atoms with Crippen molar-refractivity contribution >= 4 is 33.4 Å². The average molecular weight is 424 g/mol. The van der Waals surface area contributed by atoms with Crippen LogP contribution in [0.5, 0.6) is 5.75 Å². The van der Waals surface area contributed by atoms with Gasteiger partial charge in [0, 0.05) is 10.0 Å². The van der Waals surface area contributed by atoms with Gasteiger partial charge < -0.3 is 4.74 Å². The second-order valence-corrected chi connectivity index (χ2v) is 6.58. The third-order valence-electron chi connectivity index (χ3n) is 3.97. The van der Waals surface area contributed by atoms with Gasteiger partial charge >= 0.3 is 6.18 Å². The number of alkyl halides is 3. The van der Waals surface area contributed by atoms with Crippen LogP contribution in [-0.2, 0) is 11.2 Å². The number of aromatic nitrogens is 1. The molecule has 0 aliphatic heterocycles. The number of halogens is 4. The highest BCUT2D eigenvalue weighted by Gasteiger charge is 2.43. The molecule has 0 saturated heterocycles. The van der Waals surface area contributed by atoms with E-state index in [-0.39, 0.29) is 12.0 Å². The van der Waals surface area contributed by atoms with Crippen molar-refractivity contribution in [2.45, 2.75) is 12.6 Å². The summed E-state index contributed by atoms with van der Waals surface area (Å²) in [5.74, 6) is -1.26. The van der Waals surface area contributed by atoms with Gasteiger partial charge in [0.15, 0.2) is 0 Å². The van der Waals surface area contributed by atoms with E-state index in [0.29, 0.717) is 28.1 Å². The first-order valence-corrected chi connectivity index (χ1v) is 8.40. The summed E-state index contributed by atoms with van der Waals surface area (Å²) in [5.41, 5.74) is 1.56. The highest BCUT2D eigenvalue weighted by molar-refractivity contribution is 9.10. The van der Waals surface area contributed by atoms with E-state index in [1.807, 2.05) is 0 Å². The number of allylic oxidation sites excluding steroid dienone is 3. The van der Waals surface area contributed by atoms with Crippen molar-refractivity contribution in [3.05, 3.63) is 69.5 Å². The minimum Gasteiger partial charge on any atom is -0.495 e. The lowest BCUT2D eigenvalue weighted by Gasteiger charge is -2.09. The molecule has 134 valence electrons. The van der Waals surface area contributed by atoms with E-state index in [1.165, 1.54) is 25.4 Å². The number of carbonyl (C=O) groups excluding carboxylic acids is 1. The molecule has 0 atom stereocenters. The number of benzene rings is 1. The number of ether oxygens (including phenoxy) is 1. The maximum Gasteiger partial charge on any atom is 0.454 e. The monoisotopic (exact) mass is 423 g/mol. The normalized spacial score (nSPS) is 14.0. The van der Waals surface area contributed by atoms with Crippen LogP contribution in [0.3, 0.4) is 0 Å². The molecule has 1 aliphatic carbocycles. The molecule has 3 rings (SSSR count). The van der Waals surface area contributed by atoms with Gasteiger partial charge in [-0.2, -0.15) is 13.2 Å². The largest absolute Gasteiger partial charge is 0.495 e. The highest BCUT2D eigenvalue weighted by Crippen LogP contribution is 2.39. The molecule has 0 spiro atoms. The number of fused-ring (bicyclic) bond motifs is 1. The van der Waals surface area contributed by atoms with Crippen LogP contribution in [-0.4, -0.2) is 24.1 Å². The zero-order valence-electron chi connectivity index (χ0n) is 13.6. The Bertz CT molecular complexity index is 915. The maximum atomic E-state index is 13.1. The number of ketones is 1. The van der Waals surface area contributed by atoms with Crippen LogP contribution >= 0.6 is 15.9 Å². The number of nitrogens with zero attached hydrogens (tertiary/aromatic N) is 1. The van der Waals surface area contributed by atoms with E-state index < -0.39 is 12.0 Å². The molecular weight excluding hydrogens is 411 g/mol. The zero-order valence-corrected chi connectivity index (χ0v) is 15.2. The van der Waals surface area contributed by atoms with Gasteiger partial charge in [0.2, 0.25) is 0 Å². The van der Waals surface area contributed by atoms with E-state index in [1.54, 1.807) is 30.3 Å². The number of Topliss-reactive ketones (excluding diaryl/α,β-unsaturated/α-hetero) is 1. The molecule has 0 bridgehead atoms. The Kier molecular flexibility index (Phi) is 5.00. The van der Waals surface area contributed by atoms with Crippen LogP contribution in [0, 0.1) is 0 Å². The molecule has 0 radical (unpaired) electrons. The minimum atomic E-state index is -4.93. The Morgan fingerprint density at radius 3 is 2.62 bits per heavy atom. The Morgan fingerprint density at radius 1 is 1.23 bits per heavy atom. The van der Waals surface area contributed by atoms with Gasteiger partial charge in [0.1, 0.15) is 5.75 Å². The first-order chi connectivity index (χ1) is 12.3. The number of methoxy groups -OCH3 is 1. The molecule has 7 heteroatoms. The van der Waals surface area contributed by atoms with Crippen molar-refractivity contribution in [3.8, 4) is 5.75 Å². The smallest absolute Gasteiger partial charge is 0.454 e. The second kappa shape index (κ2) is 7.07. The molecule has 2 aromatic rings. The fourth-order valence-electron chi connectivity index (χ4n) is 2.77. The average Bonchev–Trinajstić information content (AvgIpc) is 2.96. The number of pyridine rings is 1. The van der Waals surface area contributed by atoms with Gasteiger partial charge in [0.05, 0.1) is 19.0 Å². The van der Waals surface area contributed by atoms with Crippen molar-refractivity contribution in [3.63, 3.8) is 0 Å². The van der Waals surface area contributed by atoms with Crippen LogP contribution in [0.2, 0.25) is 0 Å². The first-order valence-electron chi connectivity index (χ1n) is 7.61. The fraction of sp³-hybridized carbons (Fsp3) is 0.158. The number of hydrogen-bond acceptors (Lipinski definition) is 3. The molecule has 1 aromatic heterocycles. The van der Waals surface area contributed by atoms with Crippen molar-refractivity contribution in [1.29, 1.82) is 0 Å². The van der Waals surface area contributed by atoms with Gasteiger partial charge in [-0.15, -0.1) is 0 Å². The van der Waals surface area contributed by atoms with Crippen molar-refractivity contribution in [2.24, 2.45) is 0 Å². The number of rotatable bonds is 4. The van der Waals surface area contributed by atoms with Crippen molar-refractivity contribution in [1.82, 2.24) is 4.98 Å². The van der Waals surface area contributed by atoms with Crippen LogP contribution in [0.15, 0.2) is 52.7 Å². The molecule has 0 amide bonds. The van der Waals surface area contributed by atoms with Crippen LogP contribution in [0.1, 0.15) is 16.8 Å². The minimum absolute atomic E-state index is 0.249. The Morgan fingerprint density at radius 2 is 2.00 bits per heavy atom. The van der Waals surface area contributed by atoms with E-state index in [0.717, 1.165) is 4.47 Å². The van der Waals surface area contributed by atoms with Gasteiger partial charge in [-0.3, -0.25) is 9.78 Å². The topological polar surface area (TPSA) is 39.2 Å². The second-order valence-electron chi connectivity index (χ2n) is 5.66. The summed E-state index contributed by atoms with van der Waals surface area (Å²) < 4.78 is 44.9. The van der Waals surface area contributed by atoms with Gasteiger partial charge in [-0.1, -0.05) is 28.1 Å². The summed E-state index contributed by atoms with van der Waals surface area (Å²) in [4.78, 5) is 16.1. The molecule has 3 nitrogen and oxygen atoms in total. The predicted octanol–water partition coefficient (Wildman–Crippen LogP) is 5.01. The molecule has 26 heavy (non-hydrogen) atoms. The summed E-state index contributed by atoms with van der Waals surface area (Å²) in [6.07, 6.45) is -0.0720. The van der Waals surface area contributed by atoms with Gasteiger partial charge in [0.25, 0.3) is 5.78 Å². The summed E-state index contributed by atoms with van der Waals surface area (Å²) in [6.45, 7) is 0. The third-order valence-corrected chi connectivity index (χ3v) is 4.47. The predicted molar refractivity (Wildman–Crippen MR) is 95.7 cm³/mol. The molecule has 0 fully saturated rings. The van der Waals surface area contributed by atoms with E-state index in [9.17, 15) is 18.0 Å². The van der Waals surface area contributed by atoms with E-state index in [2.05, 4.69) is 20.9 Å². The summed E-state index contributed by atoms with van der Waals surface area (Å²) >= 11 is 3.31. The SMILES string of the molecule is COc1ccc(/C=C/C2=C(C(=O)C(F)(F)F)c3ccc(Br)cc3C2)nc1. The highest BCUT2D eigenvalue weighted by atomic mass is 79.9. The summed E-state index contributed by atoms with van der Waals surface area (Å²) in [7, 11) is 1.51. The summed E-state index contributed by atoms with van der Waals surface area (Å²) in [5, 5.41) is 0. The van der Waals surface area contributed by atoms with Gasteiger partial charge in [-0.05, 0) is 53.5 Å². The molecular formula is C19H13BrF3NO2. The zero-order chi connectivity index (χ0) is 18.9. The molecule has 0 N–H and O–H groups in total. The molecule has 1 aromatic carbocycles. The Labute approximate surface area is 156 Å². The van der Waals surface area contributed by atoms with Gasteiger partial charge in [-0.25, -0.2) is 0 Å². The lowest BCUT2D eigenvalue weighted by Crippen LogP contribution is -2.24. The molecule has 0 unspecified atom stereocenters. The van der Waals surface area contributed by atoms with Crippen molar-refractivity contribution in [2.75, 3.05) is 7.11 Å². The molecule has 1 aliphatic rings. The van der Waals surface area contributed by atoms with E-state index >= 15 is 0 Å². The lowest BCUT2D eigenvalue weighted by atomic mass is 10.0. The Hall–Kier alpha value is -2.41. The van der Waals surface area contributed by atoms with Crippen molar-refractivity contribution < 1.29 is 22.7 Å². The number of hydrogen-bond donors (Lipinski definition) is 0. The Balaban J connectivity index is 2.00. The summed E-state index contributed by atoms with van der Waals surface area (Å²) in [6, 6.07) is 8.26. The van der Waals surface area contributed by atoms with Crippen LogP contribution in [0.4, 0.5) is 13.2 Å². The molecule has 1 heterocycles. The quantitative estimate of drug-likeness (QED) is 0.693. The fourth-order valence-corrected chi connectivity index (χ4v) is 3.18. The van der Waals surface area contributed by atoms with Crippen LogP contribution in [0.25, 0.3) is 11.6 Å². The third kappa shape index (κ3) is 3.72. The van der Waals surface area contributed by atoms with E-state index in [4.69, 9.17) is 4.74 Å². The maximum absolute atomic E-state index is 13.1. The first kappa shape index (κ1) is 18.4. The van der Waals surface area contributed by atoms with Crippen LogP contribution < -0.4 is 4.74 Å².